The highest BCUT2D eigenvalue weighted by Crippen LogP contribution is 2.22. The van der Waals surface area contributed by atoms with E-state index in [0.717, 1.165) is 42.3 Å². The molecule has 0 bridgehead atoms. The molecule has 0 amide bonds. The van der Waals surface area contributed by atoms with Crippen molar-refractivity contribution >= 4 is 23.2 Å². The van der Waals surface area contributed by atoms with Crippen molar-refractivity contribution in [2.45, 2.75) is 59.7 Å². The van der Waals surface area contributed by atoms with E-state index in [-0.39, 0.29) is 0 Å². The first-order valence-corrected chi connectivity index (χ1v) is 7.99. The molecule has 0 aliphatic heterocycles. The number of alkyl halides is 1. The minimum atomic E-state index is 0.416. The number of nitrogens with one attached hydrogen (secondary N) is 1. The lowest BCUT2D eigenvalue weighted by atomic mass is 10.0. The number of rotatable bonds is 8. The zero-order valence-electron chi connectivity index (χ0n) is 12.3. The standard InChI is InChI=1S/C14H25Cl2N3/c1-5-11-14(16)13(19(6-2)18-11)9-17-12(7-8-15)10(3)4/h10,12,17H,5-9H2,1-4H3. The monoisotopic (exact) mass is 305 g/mol. The van der Waals surface area contributed by atoms with Crippen LogP contribution in [0, 0.1) is 5.92 Å². The summed E-state index contributed by atoms with van der Waals surface area (Å²) in [5.41, 5.74) is 2.07. The van der Waals surface area contributed by atoms with E-state index in [1.54, 1.807) is 0 Å². The molecule has 1 aromatic rings. The lowest BCUT2D eigenvalue weighted by molar-refractivity contribution is 0.382. The van der Waals surface area contributed by atoms with Crippen LogP contribution in [-0.2, 0) is 19.5 Å². The quantitative estimate of drug-likeness (QED) is 0.739. The summed E-state index contributed by atoms with van der Waals surface area (Å²) in [6, 6.07) is 0.416. The van der Waals surface area contributed by atoms with Gasteiger partial charge in [0.05, 0.1) is 16.4 Å². The first kappa shape index (κ1) is 16.8. The number of hydrogen-bond donors (Lipinski definition) is 1. The van der Waals surface area contributed by atoms with Crippen LogP contribution in [0.4, 0.5) is 0 Å². The smallest absolute Gasteiger partial charge is 0.0863 e. The Kier molecular flexibility index (Phi) is 7.19. The second-order valence-electron chi connectivity index (χ2n) is 5.09. The zero-order chi connectivity index (χ0) is 14.4. The van der Waals surface area contributed by atoms with Crippen LogP contribution in [0.25, 0.3) is 0 Å². The third kappa shape index (κ3) is 4.37. The average Bonchev–Trinajstić information content (AvgIpc) is 2.70. The fourth-order valence-corrected chi connectivity index (χ4v) is 2.77. The fourth-order valence-electron chi connectivity index (χ4n) is 2.20. The van der Waals surface area contributed by atoms with Gasteiger partial charge in [-0.2, -0.15) is 5.10 Å². The molecule has 3 nitrogen and oxygen atoms in total. The van der Waals surface area contributed by atoms with Crippen molar-refractivity contribution in [2.75, 3.05) is 5.88 Å². The highest BCUT2D eigenvalue weighted by molar-refractivity contribution is 6.31. The fraction of sp³-hybridized carbons (Fsp3) is 0.786. The Bertz CT molecular complexity index is 388. The maximum atomic E-state index is 6.40. The normalized spacial score (nSPS) is 13.2. The summed E-state index contributed by atoms with van der Waals surface area (Å²) in [6.45, 7) is 10.2. The number of hydrogen-bond acceptors (Lipinski definition) is 2. The van der Waals surface area contributed by atoms with Crippen LogP contribution in [0.2, 0.25) is 5.02 Å². The van der Waals surface area contributed by atoms with Crippen molar-refractivity contribution in [3.8, 4) is 0 Å². The van der Waals surface area contributed by atoms with Crippen molar-refractivity contribution in [3.63, 3.8) is 0 Å². The predicted molar refractivity (Wildman–Crippen MR) is 83.1 cm³/mol. The van der Waals surface area contributed by atoms with Crippen molar-refractivity contribution < 1.29 is 0 Å². The zero-order valence-corrected chi connectivity index (χ0v) is 13.9. The van der Waals surface area contributed by atoms with E-state index in [0.29, 0.717) is 17.8 Å². The molecule has 5 heteroatoms. The Morgan fingerprint density at radius 3 is 2.47 bits per heavy atom. The van der Waals surface area contributed by atoms with Crippen LogP contribution < -0.4 is 5.32 Å². The Morgan fingerprint density at radius 1 is 1.32 bits per heavy atom. The Labute approximate surface area is 126 Å². The molecular weight excluding hydrogens is 281 g/mol. The van der Waals surface area contributed by atoms with E-state index in [4.69, 9.17) is 23.2 Å². The first-order valence-electron chi connectivity index (χ1n) is 7.08. The van der Waals surface area contributed by atoms with Gasteiger partial charge in [-0.15, -0.1) is 11.6 Å². The van der Waals surface area contributed by atoms with Crippen molar-refractivity contribution in [1.82, 2.24) is 15.1 Å². The summed E-state index contributed by atoms with van der Waals surface area (Å²) >= 11 is 12.3. The van der Waals surface area contributed by atoms with Gasteiger partial charge in [0.2, 0.25) is 0 Å². The molecule has 0 aliphatic carbocycles. The van der Waals surface area contributed by atoms with Gasteiger partial charge in [0, 0.05) is 25.0 Å². The van der Waals surface area contributed by atoms with E-state index in [1.165, 1.54) is 0 Å². The largest absolute Gasteiger partial charge is 0.308 e. The van der Waals surface area contributed by atoms with Crippen LogP contribution in [0.3, 0.4) is 0 Å². The van der Waals surface area contributed by atoms with Crippen LogP contribution >= 0.6 is 23.2 Å². The highest BCUT2D eigenvalue weighted by Gasteiger charge is 2.17. The molecule has 110 valence electrons. The van der Waals surface area contributed by atoms with E-state index >= 15 is 0 Å². The van der Waals surface area contributed by atoms with Crippen molar-refractivity contribution in [3.05, 3.63) is 16.4 Å². The summed E-state index contributed by atoms with van der Waals surface area (Å²) in [5, 5.41) is 8.90. The first-order chi connectivity index (χ1) is 9.04. The number of halogens is 2. The van der Waals surface area contributed by atoms with Crippen LogP contribution in [-0.4, -0.2) is 21.7 Å². The van der Waals surface area contributed by atoms with Gasteiger partial charge in [0.1, 0.15) is 0 Å². The lowest BCUT2D eigenvalue weighted by Crippen LogP contribution is -2.34. The molecule has 1 atom stereocenters. The van der Waals surface area contributed by atoms with E-state index < -0.39 is 0 Å². The molecule has 1 aromatic heterocycles. The van der Waals surface area contributed by atoms with Gasteiger partial charge in [-0.05, 0) is 25.7 Å². The lowest BCUT2D eigenvalue weighted by Gasteiger charge is -2.21. The molecule has 1 rings (SSSR count). The SMILES string of the molecule is CCc1nn(CC)c(CNC(CCCl)C(C)C)c1Cl. The van der Waals surface area contributed by atoms with Gasteiger partial charge >= 0.3 is 0 Å². The Morgan fingerprint density at radius 2 is 2.00 bits per heavy atom. The summed E-state index contributed by atoms with van der Waals surface area (Å²) in [5.74, 6) is 1.23. The maximum absolute atomic E-state index is 6.40. The maximum Gasteiger partial charge on any atom is 0.0863 e. The second-order valence-corrected chi connectivity index (χ2v) is 5.84. The molecule has 1 N–H and O–H groups in total. The minimum Gasteiger partial charge on any atom is -0.308 e. The molecule has 0 saturated heterocycles. The molecule has 0 radical (unpaired) electrons. The topological polar surface area (TPSA) is 29.9 Å². The van der Waals surface area contributed by atoms with Gasteiger partial charge in [-0.3, -0.25) is 4.68 Å². The average molecular weight is 306 g/mol. The second kappa shape index (κ2) is 8.13. The molecule has 0 aromatic carbocycles. The van der Waals surface area contributed by atoms with Crippen LogP contribution in [0.5, 0.6) is 0 Å². The molecule has 0 spiro atoms. The van der Waals surface area contributed by atoms with Crippen LogP contribution in [0.15, 0.2) is 0 Å². The summed E-state index contributed by atoms with van der Waals surface area (Å²) in [4.78, 5) is 0. The molecule has 0 fully saturated rings. The van der Waals surface area contributed by atoms with Gasteiger partial charge < -0.3 is 5.32 Å². The molecule has 1 heterocycles. The molecule has 1 unspecified atom stereocenters. The number of aryl methyl sites for hydroxylation is 2. The molecular formula is C14H25Cl2N3. The Balaban J connectivity index is 2.78. The van der Waals surface area contributed by atoms with Crippen molar-refractivity contribution in [2.24, 2.45) is 5.92 Å². The molecule has 0 aliphatic rings. The number of aromatic nitrogens is 2. The van der Waals surface area contributed by atoms with E-state index in [2.05, 4.69) is 38.1 Å². The third-order valence-corrected chi connectivity index (χ3v) is 4.11. The van der Waals surface area contributed by atoms with Gasteiger partial charge in [0.25, 0.3) is 0 Å². The van der Waals surface area contributed by atoms with Crippen molar-refractivity contribution in [1.29, 1.82) is 0 Å². The van der Waals surface area contributed by atoms with Crippen LogP contribution in [0.1, 0.15) is 45.5 Å². The Hall–Kier alpha value is -0.250. The molecule has 0 saturated carbocycles. The van der Waals surface area contributed by atoms with Gasteiger partial charge in [-0.25, -0.2) is 0 Å². The minimum absolute atomic E-state index is 0.416. The van der Waals surface area contributed by atoms with E-state index in [1.807, 2.05) is 4.68 Å². The third-order valence-electron chi connectivity index (χ3n) is 3.45. The highest BCUT2D eigenvalue weighted by atomic mass is 35.5. The van der Waals surface area contributed by atoms with Gasteiger partial charge in [-0.1, -0.05) is 32.4 Å². The summed E-state index contributed by atoms with van der Waals surface area (Å²) in [7, 11) is 0. The van der Waals surface area contributed by atoms with E-state index in [9.17, 15) is 0 Å². The molecule has 19 heavy (non-hydrogen) atoms. The number of nitrogens with zero attached hydrogens (tertiary/aromatic N) is 2. The van der Waals surface area contributed by atoms with Gasteiger partial charge in [0.15, 0.2) is 0 Å². The summed E-state index contributed by atoms with van der Waals surface area (Å²) < 4.78 is 1.99. The predicted octanol–water partition coefficient (Wildman–Crippen LogP) is 3.86. The summed E-state index contributed by atoms with van der Waals surface area (Å²) in [6.07, 6.45) is 1.84.